The van der Waals surface area contributed by atoms with Crippen LogP contribution in [0.25, 0.3) is 0 Å². The summed E-state index contributed by atoms with van der Waals surface area (Å²) in [6.07, 6.45) is 1.84. The summed E-state index contributed by atoms with van der Waals surface area (Å²) in [4.78, 5) is 1.78. The van der Waals surface area contributed by atoms with E-state index in [1.54, 1.807) is 4.90 Å². The fourth-order valence-corrected chi connectivity index (χ4v) is 1.74. The van der Waals surface area contributed by atoms with E-state index in [-0.39, 0.29) is 12.0 Å². The summed E-state index contributed by atoms with van der Waals surface area (Å²) in [6, 6.07) is 10.2. The third-order valence-corrected chi connectivity index (χ3v) is 2.71. The first-order valence-electron chi connectivity index (χ1n) is 5.48. The number of guanidine groups is 1. The van der Waals surface area contributed by atoms with Gasteiger partial charge in [0.2, 0.25) is 0 Å². The van der Waals surface area contributed by atoms with Crippen molar-refractivity contribution in [1.29, 1.82) is 5.41 Å². The quantitative estimate of drug-likeness (QED) is 0.517. The third kappa shape index (κ3) is 3.24. The van der Waals surface area contributed by atoms with Crippen molar-refractivity contribution in [3.05, 3.63) is 35.9 Å². The highest BCUT2D eigenvalue weighted by Crippen LogP contribution is 2.23. The zero-order chi connectivity index (χ0) is 12.0. The molecule has 0 amide bonds. The molecule has 0 aliphatic heterocycles. The molecule has 0 fully saturated rings. The largest absolute Gasteiger partial charge is 0.370 e. The Morgan fingerprint density at radius 3 is 2.50 bits per heavy atom. The van der Waals surface area contributed by atoms with E-state index in [0.717, 1.165) is 12.8 Å². The summed E-state index contributed by atoms with van der Waals surface area (Å²) >= 11 is 0. The highest BCUT2D eigenvalue weighted by Gasteiger charge is 2.16. The van der Waals surface area contributed by atoms with Crippen LogP contribution in [0.1, 0.15) is 24.4 Å². The van der Waals surface area contributed by atoms with Gasteiger partial charge in [-0.1, -0.05) is 30.3 Å². The summed E-state index contributed by atoms with van der Waals surface area (Å²) in [5.74, 6) is 0.0888. The molecule has 88 valence electrons. The second kappa shape index (κ2) is 6.12. The van der Waals surface area contributed by atoms with Gasteiger partial charge in [-0.3, -0.25) is 5.41 Å². The number of rotatable bonds is 5. The predicted octanol–water partition coefficient (Wildman–Crippen LogP) is 1.29. The van der Waals surface area contributed by atoms with Crippen molar-refractivity contribution >= 4 is 5.96 Å². The van der Waals surface area contributed by atoms with Crippen LogP contribution in [0.15, 0.2) is 30.3 Å². The number of nitrogens with zero attached hydrogens (tertiary/aromatic N) is 1. The van der Waals surface area contributed by atoms with Crippen LogP contribution in [0, 0.1) is 5.41 Å². The van der Waals surface area contributed by atoms with E-state index >= 15 is 0 Å². The van der Waals surface area contributed by atoms with Crippen molar-refractivity contribution in [2.45, 2.75) is 18.9 Å². The van der Waals surface area contributed by atoms with Gasteiger partial charge in [-0.15, -0.1) is 0 Å². The minimum Gasteiger partial charge on any atom is -0.370 e. The topological polar surface area (TPSA) is 79.1 Å². The highest BCUT2D eigenvalue weighted by molar-refractivity contribution is 5.74. The number of nitrogens with one attached hydrogen (secondary N) is 1. The first-order chi connectivity index (χ1) is 7.66. The molecule has 0 saturated heterocycles. The molecule has 0 heterocycles. The Morgan fingerprint density at radius 2 is 2.00 bits per heavy atom. The van der Waals surface area contributed by atoms with Gasteiger partial charge in [0.05, 0.1) is 6.04 Å². The maximum atomic E-state index is 7.49. The van der Waals surface area contributed by atoms with E-state index in [9.17, 15) is 0 Å². The van der Waals surface area contributed by atoms with Crippen molar-refractivity contribution in [2.24, 2.45) is 11.5 Å². The predicted molar refractivity (Wildman–Crippen MR) is 67.1 cm³/mol. The van der Waals surface area contributed by atoms with Crippen LogP contribution in [0.2, 0.25) is 0 Å². The summed E-state index contributed by atoms with van der Waals surface area (Å²) in [5.41, 5.74) is 12.2. The smallest absolute Gasteiger partial charge is 0.188 e. The molecule has 1 aromatic rings. The molecular formula is C12H20N4. The Bertz CT molecular complexity index is 323. The fraction of sp³-hybridized carbons (Fsp3) is 0.417. The van der Waals surface area contributed by atoms with E-state index in [1.165, 1.54) is 5.56 Å². The van der Waals surface area contributed by atoms with Crippen molar-refractivity contribution in [3.8, 4) is 0 Å². The standard InChI is InChI=1S/C12H20N4/c1-16(12(14)15)11(8-5-9-13)10-6-3-2-4-7-10/h2-4,6-7,11H,5,8-9,13H2,1H3,(H3,14,15). The molecule has 0 aliphatic rings. The molecule has 0 bridgehead atoms. The molecule has 4 nitrogen and oxygen atoms in total. The second-order valence-corrected chi connectivity index (χ2v) is 3.85. The van der Waals surface area contributed by atoms with Gasteiger partial charge in [0.1, 0.15) is 0 Å². The number of benzene rings is 1. The van der Waals surface area contributed by atoms with Gasteiger partial charge in [0.15, 0.2) is 5.96 Å². The lowest BCUT2D eigenvalue weighted by Gasteiger charge is -2.28. The first kappa shape index (κ1) is 12.5. The highest BCUT2D eigenvalue weighted by atomic mass is 15.2. The molecule has 0 aromatic heterocycles. The van der Waals surface area contributed by atoms with Crippen LogP contribution in [0.5, 0.6) is 0 Å². The Balaban J connectivity index is 2.83. The molecule has 5 N–H and O–H groups in total. The van der Waals surface area contributed by atoms with Crippen LogP contribution in [-0.4, -0.2) is 24.5 Å². The van der Waals surface area contributed by atoms with Crippen LogP contribution in [0.4, 0.5) is 0 Å². The van der Waals surface area contributed by atoms with Crippen LogP contribution < -0.4 is 11.5 Å². The maximum absolute atomic E-state index is 7.49. The molecule has 0 radical (unpaired) electrons. The van der Waals surface area contributed by atoms with Gasteiger partial charge in [-0.25, -0.2) is 0 Å². The number of hydrogen-bond acceptors (Lipinski definition) is 2. The van der Waals surface area contributed by atoms with Gasteiger partial charge in [0, 0.05) is 7.05 Å². The Morgan fingerprint density at radius 1 is 1.38 bits per heavy atom. The molecule has 0 saturated carbocycles. The van der Waals surface area contributed by atoms with Gasteiger partial charge in [-0.05, 0) is 24.9 Å². The first-order valence-corrected chi connectivity index (χ1v) is 5.48. The monoisotopic (exact) mass is 220 g/mol. The molecule has 4 heteroatoms. The molecule has 1 rings (SSSR count). The average molecular weight is 220 g/mol. The molecule has 1 aromatic carbocycles. The van der Waals surface area contributed by atoms with Crippen LogP contribution >= 0.6 is 0 Å². The molecule has 1 atom stereocenters. The van der Waals surface area contributed by atoms with E-state index < -0.39 is 0 Å². The van der Waals surface area contributed by atoms with Crippen molar-refractivity contribution < 1.29 is 0 Å². The lowest BCUT2D eigenvalue weighted by Crippen LogP contribution is -2.36. The van der Waals surface area contributed by atoms with Gasteiger partial charge in [-0.2, -0.15) is 0 Å². The van der Waals surface area contributed by atoms with E-state index in [2.05, 4.69) is 12.1 Å². The fourth-order valence-electron chi connectivity index (χ4n) is 1.74. The Labute approximate surface area is 96.7 Å². The molecular weight excluding hydrogens is 200 g/mol. The number of nitrogens with two attached hydrogens (primary N) is 2. The molecule has 0 spiro atoms. The van der Waals surface area contributed by atoms with Crippen LogP contribution in [0.3, 0.4) is 0 Å². The molecule has 1 unspecified atom stereocenters. The van der Waals surface area contributed by atoms with Crippen molar-refractivity contribution in [3.63, 3.8) is 0 Å². The summed E-state index contributed by atoms with van der Waals surface area (Å²) in [6.45, 7) is 0.662. The Hall–Kier alpha value is -1.55. The zero-order valence-electron chi connectivity index (χ0n) is 9.69. The average Bonchev–Trinajstić information content (AvgIpc) is 2.30. The minimum absolute atomic E-state index is 0.0888. The summed E-state index contributed by atoms with van der Waals surface area (Å²) < 4.78 is 0. The normalized spacial score (nSPS) is 12.1. The lowest BCUT2D eigenvalue weighted by molar-refractivity contribution is 0.343. The van der Waals surface area contributed by atoms with Crippen molar-refractivity contribution in [2.75, 3.05) is 13.6 Å². The van der Waals surface area contributed by atoms with E-state index in [4.69, 9.17) is 16.9 Å². The zero-order valence-corrected chi connectivity index (χ0v) is 9.69. The Kier molecular flexibility index (Phi) is 4.79. The summed E-state index contributed by atoms with van der Waals surface area (Å²) in [5, 5.41) is 7.49. The number of hydrogen-bond donors (Lipinski definition) is 3. The van der Waals surface area contributed by atoms with Gasteiger partial charge in [0.25, 0.3) is 0 Å². The van der Waals surface area contributed by atoms with E-state index in [1.807, 2.05) is 25.2 Å². The van der Waals surface area contributed by atoms with E-state index in [0.29, 0.717) is 6.54 Å². The SMILES string of the molecule is CN(C(=N)N)C(CCCN)c1ccccc1. The van der Waals surface area contributed by atoms with Gasteiger partial charge >= 0.3 is 0 Å². The molecule has 0 aliphatic carbocycles. The van der Waals surface area contributed by atoms with Crippen molar-refractivity contribution in [1.82, 2.24) is 4.90 Å². The lowest BCUT2D eigenvalue weighted by atomic mass is 10.0. The maximum Gasteiger partial charge on any atom is 0.188 e. The second-order valence-electron chi connectivity index (χ2n) is 3.85. The molecule has 16 heavy (non-hydrogen) atoms. The summed E-state index contributed by atoms with van der Waals surface area (Å²) in [7, 11) is 1.84. The minimum atomic E-state index is 0.0888. The third-order valence-electron chi connectivity index (χ3n) is 2.71. The van der Waals surface area contributed by atoms with Gasteiger partial charge < -0.3 is 16.4 Å². The van der Waals surface area contributed by atoms with Crippen LogP contribution in [-0.2, 0) is 0 Å².